The van der Waals surface area contributed by atoms with Crippen LogP contribution in [0.25, 0.3) is 0 Å². The van der Waals surface area contributed by atoms with Gasteiger partial charge in [-0.05, 0) is 43.0 Å². The summed E-state index contributed by atoms with van der Waals surface area (Å²) in [6.07, 6.45) is 2.37. The van der Waals surface area contributed by atoms with E-state index in [0.29, 0.717) is 5.92 Å². The summed E-state index contributed by atoms with van der Waals surface area (Å²) in [4.78, 5) is 11.4. The maximum Gasteiger partial charge on any atom is 0.250 e. The third-order valence-electron chi connectivity index (χ3n) is 3.29. The van der Waals surface area contributed by atoms with E-state index in [1.807, 2.05) is 24.3 Å². The van der Waals surface area contributed by atoms with Gasteiger partial charge in [-0.3, -0.25) is 4.79 Å². The number of hydrogen-bond donors (Lipinski definition) is 2. The summed E-state index contributed by atoms with van der Waals surface area (Å²) in [5, 5.41) is 6.17. The number of hydrogen-bond acceptors (Lipinski definition) is 4. The molecule has 0 radical (unpaired) electrons. The first-order valence-electron chi connectivity index (χ1n) is 6.98. The highest BCUT2D eigenvalue weighted by atomic mass is 16.5. The van der Waals surface area contributed by atoms with Crippen LogP contribution in [0.15, 0.2) is 24.3 Å². The van der Waals surface area contributed by atoms with Gasteiger partial charge in [0.1, 0.15) is 6.61 Å². The van der Waals surface area contributed by atoms with Crippen molar-refractivity contribution in [2.45, 2.75) is 12.8 Å². The molecule has 0 aliphatic carbocycles. The van der Waals surface area contributed by atoms with Crippen molar-refractivity contribution in [3.8, 4) is 0 Å². The molecule has 1 aromatic rings. The van der Waals surface area contributed by atoms with Crippen molar-refractivity contribution in [2.24, 2.45) is 5.92 Å². The zero-order valence-corrected chi connectivity index (χ0v) is 11.9. The van der Waals surface area contributed by atoms with Crippen LogP contribution >= 0.6 is 0 Å². The Morgan fingerprint density at radius 2 is 2.10 bits per heavy atom. The third-order valence-corrected chi connectivity index (χ3v) is 3.29. The van der Waals surface area contributed by atoms with Gasteiger partial charge in [-0.1, -0.05) is 0 Å². The Labute approximate surface area is 119 Å². The lowest BCUT2D eigenvalue weighted by molar-refractivity contribution is -0.119. The van der Waals surface area contributed by atoms with Gasteiger partial charge in [-0.15, -0.1) is 0 Å². The Morgan fingerprint density at radius 1 is 1.35 bits per heavy atom. The molecule has 20 heavy (non-hydrogen) atoms. The van der Waals surface area contributed by atoms with Gasteiger partial charge in [-0.2, -0.15) is 0 Å². The second kappa shape index (κ2) is 7.87. The van der Waals surface area contributed by atoms with Gasteiger partial charge in [0.15, 0.2) is 0 Å². The molecule has 0 saturated carbocycles. The highest BCUT2D eigenvalue weighted by Gasteiger charge is 2.13. The van der Waals surface area contributed by atoms with Crippen molar-refractivity contribution in [3.63, 3.8) is 0 Å². The van der Waals surface area contributed by atoms with Crippen LogP contribution < -0.4 is 10.6 Å². The summed E-state index contributed by atoms with van der Waals surface area (Å²) >= 11 is 0. The molecule has 5 heteroatoms. The normalized spacial score (nSPS) is 18.6. The average molecular weight is 278 g/mol. The molecule has 0 bridgehead atoms. The molecular weight excluding hydrogens is 256 g/mol. The summed E-state index contributed by atoms with van der Waals surface area (Å²) in [6.45, 7) is 2.74. The first kappa shape index (κ1) is 14.8. The number of ether oxygens (including phenoxy) is 2. The van der Waals surface area contributed by atoms with E-state index in [4.69, 9.17) is 9.47 Å². The summed E-state index contributed by atoms with van der Waals surface area (Å²) < 4.78 is 10.2. The highest BCUT2D eigenvalue weighted by molar-refractivity contribution is 5.91. The molecule has 1 heterocycles. The lowest BCUT2D eigenvalue weighted by Crippen LogP contribution is -2.24. The van der Waals surface area contributed by atoms with Crippen LogP contribution in [0, 0.1) is 5.92 Å². The number of nitrogens with one attached hydrogen (secondary N) is 2. The van der Waals surface area contributed by atoms with Crippen LogP contribution in [0.2, 0.25) is 0 Å². The average Bonchev–Trinajstić information content (AvgIpc) is 2.48. The third kappa shape index (κ3) is 4.83. The van der Waals surface area contributed by atoms with E-state index in [-0.39, 0.29) is 12.5 Å². The van der Waals surface area contributed by atoms with E-state index in [1.54, 1.807) is 0 Å². The van der Waals surface area contributed by atoms with E-state index >= 15 is 0 Å². The van der Waals surface area contributed by atoms with Crippen molar-refractivity contribution >= 4 is 17.3 Å². The van der Waals surface area contributed by atoms with E-state index in [1.165, 1.54) is 13.5 Å². The fraction of sp³-hybridized carbons (Fsp3) is 0.533. The fourth-order valence-corrected chi connectivity index (χ4v) is 2.23. The van der Waals surface area contributed by atoms with Gasteiger partial charge in [-0.25, -0.2) is 0 Å². The number of carbonyl (C=O) groups excluding carboxylic acids is 1. The van der Waals surface area contributed by atoms with E-state index in [2.05, 4.69) is 10.6 Å². The van der Waals surface area contributed by atoms with Crippen molar-refractivity contribution in [1.82, 2.24) is 0 Å². The Bertz CT molecular complexity index is 414. The fourth-order valence-electron chi connectivity index (χ4n) is 2.23. The monoisotopic (exact) mass is 278 g/mol. The first-order chi connectivity index (χ1) is 9.78. The molecule has 1 amide bonds. The molecule has 1 unspecified atom stereocenters. The van der Waals surface area contributed by atoms with E-state index in [0.717, 1.165) is 37.6 Å². The minimum absolute atomic E-state index is 0.0711. The lowest BCUT2D eigenvalue weighted by Gasteiger charge is -2.22. The number of anilines is 2. The quantitative estimate of drug-likeness (QED) is 0.836. The van der Waals surface area contributed by atoms with Gasteiger partial charge in [0.05, 0.1) is 6.61 Å². The second-order valence-corrected chi connectivity index (χ2v) is 5.02. The first-order valence-corrected chi connectivity index (χ1v) is 6.98. The van der Waals surface area contributed by atoms with Crippen LogP contribution in [0.4, 0.5) is 11.4 Å². The van der Waals surface area contributed by atoms with Gasteiger partial charge in [0.2, 0.25) is 5.91 Å². The standard InChI is InChI=1S/C15H22N2O3/c1-19-11-15(18)17-14-6-4-13(5-7-14)16-9-12-3-2-8-20-10-12/h4-7,12,16H,2-3,8-11H2,1H3,(H,17,18). The second-order valence-electron chi connectivity index (χ2n) is 5.02. The van der Waals surface area contributed by atoms with E-state index < -0.39 is 0 Å². The predicted molar refractivity (Wildman–Crippen MR) is 79.0 cm³/mol. The van der Waals surface area contributed by atoms with Gasteiger partial charge < -0.3 is 20.1 Å². The molecule has 1 atom stereocenters. The molecule has 0 aromatic heterocycles. The SMILES string of the molecule is COCC(=O)Nc1ccc(NCC2CCCOC2)cc1. The molecule has 1 saturated heterocycles. The number of rotatable bonds is 6. The summed E-state index contributed by atoms with van der Waals surface area (Å²) in [7, 11) is 1.50. The molecule has 0 spiro atoms. The van der Waals surface area contributed by atoms with Crippen molar-refractivity contribution in [1.29, 1.82) is 0 Å². The number of carbonyl (C=O) groups is 1. The zero-order chi connectivity index (χ0) is 14.2. The maximum absolute atomic E-state index is 11.4. The van der Waals surface area contributed by atoms with Crippen molar-refractivity contribution in [2.75, 3.05) is 44.1 Å². The summed E-state index contributed by atoms with van der Waals surface area (Å²) in [5.41, 5.74) is 1.83. The van der Waals surface area contributed by atoms with Crippen LogP contribution in [0.5, 0.6) is 0 Å². The molecule has 2 rings (SSSR count). The lowest BCUT2D eigenvalue weighted by atomic mass is 10.0. The number of benzene rings is 1. The molecule has 1 fully saturated rings. The minimum atomic E-state index is -0.146. The predicted octanol–water partition coefficient (Wildman–Crippen LogP) is 2.11. The Morgan fingerprint density at radius 3 is 2.75 bits per heavy atom. The van der Waals surface area contributed by atoms with Crippen LogP contribution in [-0.4, -0.2) is 39.4 Å². The molecule has 110 valence electrons. The van der Waals surface area contributed by atoms with Gasteiger partial charge in [0, 0.05) is 31.6 Å². The largest absolute Gasteiger partial charge is 0.385 e. The Balaban J connectivity index is 1.77. The molecule has 1 aliphatic heterocycles. The van der Waals surface area contributed by atoms with Crippen molar-refractivity contribution < 1.29 is 14.3 Å². The summed E-state index contributed by atoms with van der Waals surface area (Å²) in [6, 6.07) is 7.69. The number of amides is 1. The smallest absolute Gasteiger partial charge is 0.250 e. The highest BCUT2D eigenvalue weighted by Crippen LogP contribution is 2.17. The minimum Gasteiger partial charge on any atom is -0.385 e. The van der Waals surface area contributed by atoms with Crippen LogP contribution in [0.3, 0.4) is 0 Å². The Kier molecular flexibility index (Phi) is 5.83. The maximum atomic E-state index is 11.4. The summed E-state index contributed by atoms with van der Waals surface area (Å²) in [5.74, 6) is 0.442. The topological polar surface area (TPSA) is 59.6 Å². The van der Waals surface area contributed by atoms with E-state index in [9.17, 15) is 4.79 Å². The van der Waals surface area contributed by atoms with Crippen LogP contribution in [-0.2, 0) is 14.3 Å². The van der Waals surface area contributed by atoms with Crippen LogP contribution in [0.1, 0.15) is 12.8 Å². The molecule has 1 aliphatic rings. The number of methoxy groups -OCH3 is 1. The molecule has 5 nitrogen and oxygen atoms in total. The molecule has 1 aromatic carbocycles. The Hall–Kier alpha value is -1.59. The van der Waals surface area contributed by atoms with Crippen molar-refractivity contribution in [3.05, 3.63) is 24.3 Å². The van der Waals surface area contributed by atoms with Gasteiger partial charge in [0.25, 0.3) is 0 Å². The van der Waals surface area contributed by atoms with Gasteiger partial charge >= 0.3 is 0 Å². The molecule has 2 N–H and O–H groups in total. The zero-order valence-electron chi connectivity index (χ0n) is 11.9. The molecular formula is C15H22N2O3.